The minimum Gasteiger partial charge on any atom is -0.491 e. The Kier molecular flexibility index (Phi) is 4.59. The number of ether oxygens (including phenoxy) is 1. The number of aliphatic hydroxyl groups excluding tert-OH is 1. The molecule has 0 bridgehead atoms. The standard InChI is InChI=1S/C16H19BrN2O4/c17-11-3-5-13(6-4-11)23-10-12(20)9-19-14(21)16(18-15(19)22)7-1-2-8-16/h3-6,12,20H,1-2,7-10H2,(H,18,22). The number of aliphatic hydroxyl groups is 1. The minimum absolute atomic E-state index is 0.0195. The zero-order chi connectivity index (χ0) is 16.4. The van der Waals surface area contributed by atoms with Crippen molar-refractivity contribution in [3.05, 3.63) is 28.7 Å². The first-order chi connectivity index (χ1) is 11.0. The molecule has 3 rings (SSSR count). The number of amides is 3. The summed E-state index contributed by atoms with van der Waals surface area (Å²) in [5.41, 5.74) is -0.733. The van der Waals surface area contributed by atoms with E-state index in [1.54, 1.807) is 12.1 Å². The maximum absolute atomic E-state index is 12.5. The maximum Gasteiger partial charge on any atom is 0.325 e. The van der Waals surface area contributed by atoms with Gasteiger partial charge in [0.1, 0.15) is 24.0 Å². The van der Waals surface area contributed by atoms with Crippen LogP contribution in [0, 0.1) is 0 Å². The van der Waals surface area contributed by atoms with Crippen LogP contribution in [0.15, 0.2) is 28.7 Å². The van der Waals surface area contributed by atoms with Crippen LogP contribution >= 0.6 is 15.9 Å². The fraction of sp³-hybridized carbons (Fsp3) is 0.500. The van der Waals surface area contributed by atoms with Crippen LogP contribution in [-0.2, 0) is 4.79 Å². The summed E-state index contributed by atoms with van der Waals surface area (Å²) in [5.74, 6) is 0.402. The van der Waals surface area contributed by atoms with Crippen molar-refractivity contribution in [2.75, 3.05) is 13.2 Å². The molecule has 3 amide bonds. The molecule has 23 heavy (non-hydrogen) atoms. The molecular formula is C16H19BrN2O4. The van der Waals surface area contributed by atoms with Gasteiger partial charge in [-0.1, -0.05) is 28.8 Å². The largest absolute Gasteiger partial charge is 0.491 e. The third-order valence-electron chi connectivity index (χ3n) is 4.35. The van der Waals surface area contributed by atoms with Crippen molar-refractivity contribution in [1.29, 1.82) is 0 Å². The number of carbonyl (C=O) groups is 2. The maximum atomic E-state index is 12.5. The second-order valence-corrected chi connectivity index (χ2v) is 6.97. The number of nitrogens with one attached hydrogen (secondary N) is 1. The molecule has 7 heteroatoms. The summed E-state index contributed by atoms with van der Waals surface area (Å²) in [5, 5.41) is 12.9. The van der Waals surface area contributed by atoms with Gasteiger partial charge in [0.15, 0.2) is 0 Å². The van der Waals surface area contributed by atoms with E-state index in [0.29, 0.717) is 18.6 Å². The number of rotatable bonds is 5. The van der Waals surface area contributed by atoms with Crippen molar-refractivity contribution in [3.63, 3.8) is 0 Å². The van der Waals surface area contributed by atoms with Gasteiger partial charge in [0.25, 0.3) is 5.91 Å². The molecular weight excluding hydrogens is 364 g/mol. The highest BCUT2D eigenvalue weighted by Gasteiger charge is 2.52. The van der Waals surface area contributed by atoms with Gasteiger partial charge in [0, 0.05) is 4.47 Å². The van der Waals surface area contributed by atoms with Crippen molar-refractivity contribution in [3.8, 4) is 5.75 Å². The molecule has 1 aromatic carbocycles. The highest BCUT2D eigenvalue weighted by molar-refractivity contribution is 9.10. The molecule has 1 spiro atoms. The van der Waals surface area contributed by atoms with Gasteiger partial charge in [-0.25, -0.2) is 4.79 Å². The van der Waals surface area contributed by atoms with Gasteiger partial charge in [-0.15, -0.1) is 0 Å². The Bertz CT molecular complexity index is 599. The van der Waals surface area contributed by atoms with E-state index in [4.69, 9.17) is 4.74 Å². The first kappa shape index (κ1) is 16.3. The second kappa shape index (κ2) is 6.49. The highest BCUT2D eigenvalue weighted by atomic mass is 79.9. The summed E-state index contributed by atoms with van der Waals surface area (Å²) in [6.45, 7) is -0.0331. The van der Waals surface area contributed by atoms with Gasteiger partial charge >= 0.3 is 6.03 Å². The van der Waals surface area contributed by atoms with E-state index in [1.165, 1.54) is 0 Å². The minimum atomic E-state index is -0.926. The summed E-state index contributed by atoms with van der Waals surface area (Å²) in [7, 11) is 0. The summed E-state index contributed by atoms with van der Waals surface area (Å²) in [6, 6.07) is 6.81. The van der Waals surface area contributed by atoms with Gasteiger partial charge in [-0.2, -0.15) is 0 Å². The molecule has 1 aromatic rings. The molecule has 2 N–H and O–H groups in total. The molecule has 1 aliphatic heterocycles. The Morgan fingerprint density at radius 3 is 2.57 bits per heavy atom. The van der Waals surface area contributed by atoms with E-state index < -0.39 is 17.7 Å². The zero-order valence-corrected chi connectivity index (χ0v) is 14.2. The molecule has 1 aliphatic carbocycles. The SMILES string of the molecule is O=C1NC2(CCCC2)C(=O)N1CC(O)COc1ccc(Br)cc1. The van der Waals surface area contributed by atoms with Crippen LogP contribution in [0.3, 0.4) is 0 Å². The number of benzene rings is 1. The molecule has 1 heterocycles. The Balaban J connectivity index is 1.55. The molecule has 1 atom stereocenters. The lowest BCUT2D eigenvalue weighted by molar-refractivity contribution is -0.132. The first-order valence-electron chi connectivity index (χ1n) is 7.71. The molecule has 6 nitrogen and oxygen atoms in total. The number of carbonyl (C=O) groups excluding carboxylic acids is 2. The third kappa shape index (κ3) is 3.35. The van der Waals surface area contributed by atoms with Crippen molar-refractivity contribution in [2.24, 2.45) is 0 Å². The Hall–Kier alpha value is -1.60. The van der Waals surface area contributed by atoms with Crippen LogP contribution in [0.5, 0.6) is 5.75 Å². The Morgan fingerprint density at radius 1 is 1.26 bits per heavy atom. The fourth-order valence-corrected chi connectivity index (χ4v) is 3.41. The molecule has 2 aliphatic rings. The van der Waals surface area contributed by atoms with Crippen molar-refractivity contribution in [2.45, 2.75) is 37.3 Å². The lowest BCUT2D eigenvalue weighted by Gasteiger charge is -2.21. The smallest absolute Gasteiger partial charge is 0.325 e. The molecule has 2 fully saturated rings. The van der Waals surface area contributed by atoms with Crippen molar-refractivity contribution in [1.82, 2.24) is 10.2 Å². The van der Waals surface area contributed by atoms with Gasteiger partial charge in [-0.05, 0) is 37.1 Å². The number of hydrogen-bond acceptors (Lipinski definition) is 4. The molecule has 0 aromatic heterocycles. The highest BCUT2D eigenvalue weighted by Crippen LogP contribution is 2.35. The number of nitrogens with zero attached hydrogens (tertiary/aromatic N) is 1. The quantitative estimate of drug-likeness (QED) is 0.763. The molecule has 0 radical (unpaired) electrons. The molecule has 1 saturated heterocycles. The molecule has 1 saturated carbocycles. The average Bonchev–Trinajstić information content (AvgIpc) is 3.08. The topological polar surface area (TPSA) is 78.9 Å². The number of β-amino-alcohol motifs (C(OH)–C–C–N with tert-alkyl or cyclic N) is 1. The lowest BCUT2D eigenvalue weighted by Crippen LogP contribution is -2.45. The predicted octanol–water partition coefficient (Wildman–Crippen LogP) is 2.05. The normalized spacial score (nSPS) is 20.9. The number of halogens is 1. The van der Waals surface area contributed by atoms with Crippen LogP contribution in [0.1, 0.15) is 25.7 Å². The van der Waals surface area contributed by atoms with Crippen LogP contribution < -0.4 is 10.1 Å². The summed E-state index contributed by atoms with van der Waals surface area (Å²) < 4.78 is 6.42. The van der Waals surface area contributed by atoms with Crippen LogP contribution in [0.4, 0.5) is 4.79 Å². The fourth-order valence-electron chi connectivity index (χ4n) is 3.15. The summed E-state index contributed by atoms with van der Waals surface area (Å²) >= 11 is 3.33. The van der Waals surface area contributed by atoms with Gasteiger partial charge < -0.3 is 15.2 Å². The van der Waals surface area contributed by atoms with E-state index in [1.807, 2.05) is 12.1 Å². The van der Waals surface area contributed by atoms with Gasteiger partial charge in [0.05, 0.1) is 6.54 Å². The van der Waals surface area contributed by atoms with Crippen molar-refractivity contribution < 1.29 is 19.4 Å². The van der Waals surface area contributed by atoms with E-state index in [0.717, 1.165) is 22.2 Å². The number of hydrogen-bond donors (Lipinski definition) is 2. The van der Waals surface area contributed by atoms with E-state index >= 15 is 0 Å². The number of urea groups is 1. The first-order valence-corrected chi connectivity index (χ1v) is 8.50. The van der Waals surface area contributed by atoms with E-state index in [2.05, 4.69) is 21.2 Å². The monoisotopic (exact) mass is 382 g/mol. The number of imide groups is 1. The lowest BCUT2D eigenvalue weighted by atomic mass is 9.98. The van der Waals surface area contributed by atoms with E-state index in [9.17, 15) is 14.7 Å². The zero-order valence-electron chi connectivity index (χ0n) is 12.6. The molecule has 124 valence electrons. The Morgan fingerprint density at radius 2 is 1.91 bits per heavy atom. The van der Waals surface area contributed by atoms with Crippen LogP contribution in [-0.4, -0.2) is 46.7 Å². The third-order valence-corrected chi connectivity index (χ3v) is 4.88. The van der Waals surface area contributed by atoms with Crippen LogP contribution in [0.2, 0.25) is 0 Å². The molecule has 1 unspecified atom stereocenters. The van der Waals surface area contributed by atoms with Gasteiger partial charge in [0.2, 0.25) is 0 Å². The van der Waals surface area contributed by atoms with Crippen LogP contribution in [0.25, 0.3) is 0 Å². The summed E-state index contributed by atoms with van der Waals surface area (Å²) in [6.07, 6.45) is 2.31. The van der Waals surface area contributed by atoms with Gasteiger partial charge in [-0.3, -0.25) is 9.69 Å². The summed E-state index contributed by atoms with van der Waals surface area (Å²) in [4.78, 5) is 25.6. The Labute approximate surface area is 142 Å². The van der Waals surface area contributed by atoms with E-state index in [-0.39, 0.29) is 19.1 Å². The predicted molar refractivity (Wildman–Crippen MR) is 87.1 cm³/mol. The second-order valence-electron chi connectivity index (χ2n) is 6.05. The average molecular weight is 383 g/mol. The van der Waals surface area contributed by atoms with Crippen molar-refractivity contribution >= 4 is 27.9 Å².